The van der Waals surface area contributed by atoms with E-state index in [0.717, 1.165) is 10.6 Å². The van der Waals surface area contributed by atoms with Crippen LogP contribution in [0.25, 0.3) is 17.1 Å². The van der Waals surface area contributed by atoms with Crippen LogP contribution in [0.5, 0.6) is 0 Å². The first kappa shape index (κ1) is 18.9. The molecule has 1 fully saturated rings. The smallest absolute Gasteiger partial charge is 0.351 e. The number of esters is 1. The van der Waals surface area contributed by atoms with E-state index in [1.54, 1.807) is 0 Å². The van der Waals surface area contributed by atoms with Crippen molar-refractivity contribution in [1.82, 2.24) is 14.5 Å². The van der Waals surface area contributed by atoms with Gasteiger partial charge >= 0.3 is 11.7 Å². The number of carbonyl (C=O) groups is 1. The van der Waals surface area contributed by atoms with Gasteiger partial charge in [-0.15, -0.1) is 0 Å². The summed E-state index contributed by atoms with van der Waals surface area (Å²) in [5, 5.41) is 19.2. The Balaban J connectivity index is 2.04. The fourth-order valence-electron chi connectivity index (χ4n) is 2.71. The average Bonchev–Trinajstić information content (AvgIpc) is 2.94. The Labute approximate surface area is 151 Å². The number of aromatic nitrogens is 3. The molecular formula is C16H17FN4O6. The maximum Gasteiger partial charge on any atom is 0.351 e. The van der Waals surface area contributed by atoms with Crippen LogP contribution in [-0.4, -0.2) is 62.8 Å². The van der Waals surface area contributed by atoms with E-state index >= 15 is 0 Å². The predicted octanol–water partition coefficient (Wildman–Crippen LogP) is -0.851. The van der Waals surface area contributed by atoms with Gasteiger partial charge in [-0.05, 0) is 12.1 Å². The molecule has 2 aromatic heterocycles. The van der Waals surface area contributed by atoms with Crippen molar-refractivity contribution in [3.05, 3.63) is 34.4 Å². The average molecular weight is 380 g/mol. The molecule has 0 amide bonds. The van der Waals surface area contributed by atoms with Crippen LogP contribution in [0.1, 0.15) is 11.8 Å². The SMILES string of the molecule is COC(=O)/C=C/c1cc2cn(C3OC(CO)C(O)C3F)c(=O)nc2nc1N. The van der Waals surface area contributed by atoms with Crippen molar-refractivity contribution in [3.63, 3.8) is 0 Å². The zero-order valence-corrected chi connectivity index (χ0v) is 14.2. The van der Waals surface area contributed by atoms with Crippen LogP contribution in [0.2, 0.25) is 0 Å². The number of pyridine rings is 1. The Morgan fingerprint density at radius 2 is 2.26 bits per heavy atom. The van der Waals surface area contributed by atoms with Gasteiger partial charge < -0.3 is 25.4 Å². The fraction of sp³-hybridized carbons (Fsp3) is 0.375. The van der Waals surface area contributed by atoms with Gasteiger partial charge in [0.25, 0.3) is 0 Å². The largest absolute Gasteiger partial charge is 0.466 e. The molecule has 0 spiro atoms. The number of nitrogens with two attached hydrogens (primary N) is 1. The molecule has 4 unspecified atom stereocenters. The third kappa shape index (κ3) is 3.52. The highest BCUT2D eigenvalue weighted by molar-refractivity contribution is 5.89. The molecule has 10 nitrogen and oxygen atoms in total. The minimum Gasteiger partial charge on any atom is -0.466 e. The highest BCUT2D eigenvalue weighted by Crippen LogP contribution is 2.31. The topological polar surface area (TPSA) is 150 Å². The van der Waals surface area contributed by atoms with Crippen molar-refractivity contribution in [1.29, 1.82) is 0 Å². The molecule has 0 aromatic carbocycles. The molecule has 0 bridgehead atoms. The standard InChI is InChI=1S/C16H17FN4O6/c1-26-10(23)3-2-7-4-8-5-21(16(25)20-14(8)19-13(7)18)15-11(17)12(24)9(6-22)27-15/h2-5,9,11-12,15,22,24H,6H2,1H3,(H2,18,19,20,25)/b3-2+. The molecule has 1 aliphatic heterocycles. The van der Waals surface area contributed by atoms with Gasteiger partial charge in [0.15, 0.2) is 18.0 Å². The van der Waals surface area contributed by atoms with Crippen LogP contribution >= 0.6 is 0 Å². The summed E-state index contributed by atoms with van der Waals surface area (Å²) in [6.45, 7) is -0.603. The van der Waals surface area contributed by atoms with Gasteiger partial charge in [0.1, 0.15) is 18.0 Å². The molecule has 1 aliphatic rings. The lowest BCUT2D eigenvalue weighted by Crippen LogP contribution is -2.33. The number of nitrogens with zero attached hydrogens (tertiary/aromatic N) is 3. The summed E-state index contributed by atoms with van der Waals surface area (Å²) >= 11 is 0. The summed E-state index contributed by atoms with van der Waals surface area (Å²) in [6, 6.07) is 1.50. The number of rotatable bonds is 4. The molecule has 27 heavy (non-hydrogen) atoms. The predicted molar refractivity (Wildman–Crippen MR) is 91.2 cm³/mol. The number of halogens is 1. The van der Waals surface area contributed by atoms with Gasteiger partial charge in [0, 0.05) is 23.2 Å². The lowest BCUT2D eigenvalue weighted by Gasteiger charge is -2.16. The molecule has 0 radical (unpaired) electrons. The molecule has 1 saturated heterocycles. The maximum absolute atomic E-state index is 14.3. The number of aliphatic hydroxyl groups is 2. The van der Waals surface area contributed by atoms with E-state index in [1.807, 2.05) is 0 Å². The summed E-state index contributed by atoms with van der Waals surface area (Å²) < 4.78 is 24.9. The lowest BCUT2D eigenvalue weighted by molar-refractivity contribution is -0.134. The molecule has 4 N–H and O–H groups in total. The second-order valence-corrected chi connectivity index (χ2v) is 5.85. The number of ether oxygens (including phenoxy) is 2. The Morgan fingerprint density at radius 1 is 1.52 bits per heavy atom. The molecule has 3 rings (SSSR count). The normalized spacial score (nSPS) is 25.3. The summed E-state index contributed by atoms with van der Waals surface area (Å²) in [7, 11) is 1.22. The van der Waals surface area contributed by atoms with E-state index in [2.05, 4.69) is 14.7 Å². The Morgan fingerprint density at radius 3 is 2.89 bits per heavy atom. The maximum atomic E-state index is 14.3. The van der Waals surface area contributed by atoms with E-state index in [0.29, 0.717) is 10.9 Å². The Kier molecular flexibility index (Phi) is 5.17. The number of hydrogen-bond acceptors (Lipinski definition) is 9. The Hall–Kier alpha value is -2.89. The van der Waals surface area contributed by atoms with Crippen LogP contribution in [0, 0.1) is 0 Å². The third-order valence-corrected chi connectivity index (χ3v) is 4.14. The molecule has 0 saturated carbocycles. The second kappa shape index (κ2) is 7.39. The van der Waals surface area contributed by atoms with Gasteiger partial charge in [-0.25, -0.2) is 19.0 Å². The van der Waals surface area contributed by atoms with Gasteiger partial charge in [-0.3, -0.25) is 4.57 Å². The first-order valence-corrected chi connectivity index (χ1v) is 7.89. The third-order valence-electron chi connectivity index (χ3n) is 4.14. The fourth-order valence-corrected chi connectivity index (χ4v) is 2.71. The first-order valence-electron chi connectivity index (χ1n) is 7.89. The molecule has 3 heterocycles. The number of hydrogen-bond donors (Lipinski definition) is 3. The van der Waals surface area contributed by atoms with E-state index in [1.165, 1.54) is 25.4 Å². The molecular weight excluding hydrogens is 363 g/mol. The van der Waals surface area contributed by atoms with E-state index in [9.17, 15) is 19.1 Å². The van der Waals surface area contributed by atoms with Crippen LogP contribution in [0.15, 0.2) is 23.1 Å². The molecule has 11 heteroatoms. The minimum absolute atomic E-state index is 0.0247. The summed E-state index contributed by atoms with van der Waals surface area (Å²) in [5.74, 6) is -0.565. The van der Waals surface area contributed by atoms with Gasteiger partial charge in [0.05, 0.1) is 13.7 Å². The molecule has 144 valence electrons. The summed E-state index contributed by atoms with van der Waals surface area (Å²) in [4.78, 5) is 31.2. The number of alkyl halides is 1. The van der Waals surface area contributed by atoms with Crippen LogP contribution in [0.3, 0.4) is 0 Å². The molecule has 4 atom stereocenters. The summed E-state index contributed by atoms with van der Waals surface area (Å²) in [6.07, 6.45) is -2.34. The minimum atomic E-state index is -1.93. The van der Waals surface area contributed by atoms with E-state index < -0.39 is 42.9 Å². The second-order valence-electron chi connectivity index (χ2n) is 5.85. The number of anilines is 1. The Bertz CT molecular complexity index is 962. The monoisotopic (exact) mass is 380 g/mol. The van der Waals surface area contributed by atoms with Crippen LogP contribution in [-0.2, 0) is 14.3 Å². The number of aliphatic hydroxyl groups excluding tert-OH is 2. The van der Waals surface area contributed by atoms with Crippen molar-refractivity contribution in [2.24, 2.45) is 0 Å². The van der Waals surface area contributed by atoms with Crippen molar-refractivity contribution in [3.8, 4) is 0 Å². The summed E-state index contributed by atoms with van der Waals surface area (Å²) in [5.41, 5.74) is 5.32. The molecule has 2 aromatic rings. The number of methoxy groups -OCH3 is 1. The van der Waals surface area contributed by atoms with Crippen molar-refractivity contribution in [2.75, 3.05) is 19.5 Å². The zero-order valence-electron chi connectivity index (χ0n) is 14.2. The van der Waals surface area contributed by atoms with Crippen molar-refractivity contribution < 1.29 is 28.9 Å². The van der Waals surface area contributed by atoms with E-state index in [-0.39, 0.29) is 11.5 Å². The van der Waals surface area contributed by atoms with Gasteiger partial charge in [0.2, 0.25) is 0 Å². The van der Waals surface area contributed by atoms with Crippen LogP contribution in [0.4, 0.5) is 10.2 Å². The quantitative estimate of drug-likeness (QED) is 0.455. The lowest BCUT2D eigenvalue weighted by atomic mass is 10.1. The highest BCUT2D eigenvalue weighted by Gasteiger charge is 2.45. The zero-order chi connectivity index (χ0) is 19.7. The van der Waals surface area contributed by atoms with Gasteiger partial charge in [-0.2, -0.15) is 4.98 Å². The number of fused-ring (bicyclic) bond motifs is 1. The number of carbonyl (C=O) groups excluding carboxylic acids is 1. The number of nitrogen functional groups attached to an aromatic ring is 1. The van der Waals surface area contributed by atoms with Crippen LogP contribution < -0.4 is 11.4 Å². The first-order chi connectivity index (χ1) is 12.8. The van der Waals surface area contributed by atoms with Gasteiger partial charge in [-0.1, -0.05) is 0 Å². The highest BCUT2D eigenvalue weighted by atomic mass is 19.1. The van der Waals surface area contributed by atoms with Crippen molar-refractivity contribution >= 4 is 28.9 Å². The van der Waals surface area contributed by atoms with E-state index in [4.69, 9.17) is 15.6 Å². The van der Waals surface area contributed by atoms with Crippen molar-refractivity contribution in [2.45, 2.75) is 24.6 Å². The molecule has 0 aliphatic carbocycles.